The number of nitrogens with zero attached hydrogens (tertiary/aromatic N) is 1. The van der Waals surface area contributed by atoms with Crippen LogP contribution in [0, 0.1) is 0 Å². The Morgan fingerprint density at radius 2 is 1.50 bits per heavy atom. The molecule has 0 saturated carbocycles. The second kappa shape index (κ2) is 8.91. The van der Waals surface area contributed by atoms with E-state index < -0.39 is 12.3 Å². The van der Waals surface area contributed by atoms with E-state index in [2.05, 4.69) is 10.8 Å². The predicted molar refractivity (Wildman–Crippen MR) is 102 cm³/mol. The van der Waals surface area contributed by atoms with Crippen LogP contribution in [0.2, 0.25) is 0 Å². The molecule has 0 aliphatic rings. The molecule has 0 aromatic heterocycles. The molecule has 2 rings (SSSR count). The maximum atomic E-state index is 12.7. The van der Waals surface area contributed by atoms with Crippen LogP contribution in [0.5, 0.6) is 0 Å². The van der Waals surface area contributed by atoms with E-state index in [4.69, 9.17) is 5.21 Å². The molecule has 26 heavy (non-hydrogen) atoms. The average molecular weight is 357 g/mol. The Kier molecular flexibility index (Phi) is 6.88. The van der Waals surface area contributed by atoms with E-state index in [9.17, 15) is 9.90 Å². The van der Waals surface area contributed by atoms with Crippen LogP contribution in [0.15, 0.2) is 48.5 Å². The molecule has 0 aliphatic carbocycles. The number of carbonyl (C=O) groups is 1. The third-order valence-corrected chi connectivity index (χ3v) is 4.72. The summed E-state index contributed by atoms with van der Waals surface area (Å²) in [5.74, 6) is -0.121. The lowest BCUT2D eigenvalue weighted by molar-refractivity contribution is 0.0493. The lowest BCUT2D eigenvalue weighted by Gasteiger charge is -2.31. The smallest absolute Gasteiger partial charge is 0.253 e. The van der Waals surface area contributed by atoms with Crippen molar-refractivity contribution < 1.29 is 15.1 Å². The van der Waals surface area contributed by atoms with E-state index in [-0.39, 0.29) is 11.9 Å². The second-order valence-corrected chi connectivity index (χ2v) is 6.43. The summed E-state index contributed by atoms with van der Waals surface area (Å²) in [6, 6.07) is 14.9. The molecule has 0 aliphatic heterocycles. The van der Waals surface area contributed by atoms with Crippen molar-refractivity contribution in [3.8, 4) is 11.1 Å². The summed E-state index contributed by atoms with van der Waals surface area (Å²) in [4.78, 5) is 14.2. The molecule has 0 spiro atoms. The highest BCUT2D eigenvalue weighted by Crippen LogP contribution is 2.23. The van der Waals surface area contributed by atoms with E-state index in [0.717, 1.165) is 16.7 Å². The first-order chi connectivity index (χ1) is 12.4. The molecule has 0 heterocycles. The van der Waals surface area contributed by atoms with E-state index in [1.807, 2.05) is 43.3 Å². The van der Waals surface area contributed by atoms with E-state index in [1.165, 1.54) is 0 Å². The number of rotatable bonds is 7. The van der Waals surface area contributed by atoms with Gasteiger partial charge in [0.1, 0.15) is 6.17 Å². The fraction of sp³-hybridized carbons (Fsp3) is 0.350. The minimum absolute atomic E-state index is 0.121. The van der Waals surface area contributed by atoms with Crippen molar-refractivity contribution in [3.63, 3.8) is 0 Å². The summed E-state index contributed by atoms with van der Waals surface area (Å²) in [7, 11) is 3.41. The van der Waals surface area contributed by atoms with Crippen LogP contribution in [-0.4, -0.2) is 47.4 Å². The molecule has 2 aromatic carbocycles. The van der Waals surface area contributed by atoms with Crippen LogP contribution in [0.4, 0.5) is 0 Å². The summed E-state index contributed by atoms with van der Waals surface area (Å²) in [6.45, 7) is 3.58. The van der Waals surface area contributed by atoms with Gasteiger partial charge >= 0.3 is 0 Å². The number of hydroxylamine groups is 1. The minimum atomic E-state index is -0.489. The highest BCUT2D eigenvalue weighted by Gasteiger charge is 2.23. The van der Waals surface area contributed by atoms with Crippen LogP contribution in [0.25, 0.3) is 11.1 Å². The SMILES string of the molecule is CNC(NO)C(C)N(C)C(=O)c1ccc(-c2ccc(C(C)O)cc2)cc1. The number of nitrogens with one attached hydrogen (secondary N) is 2. The number of aliphatic hydroxyl groups is 1. The molecule has 6 nitrogen and oxygen atoms in total. The summed E-state index contributed by atoms with van der Waals surface area (Å²) >= 11 is 0. The van der Waals surface area contributed by atoms with Crippen molar-refractivity contribution in [1.29, 1.82) is 0 Å². The molecule has 0 bridgehead atoms. The zero-order valence-electron chi connectivity index (χ0n) is 15.6. The van der Waals surface area contributed by atoms with Crippen LogP contribution in [-0.2, 0) is 0 Å². The highest BCUT2D eigenvalue weighted by atomic mass is 16.5. The largest absolute Gasteiger partial charge is 0.389 e. The molecule has 0 saturated heterocycles. The molecule has 4 N–H and O–H groups in total. The number of carbonyl (C=O) groups excluding carboxylic acids is 1. The van der Waals surface area contributed by atoms with Gasteiger partial charge in [0.05, 0.1) is 12.1 Å². The van der Waals surface area contributed by atoms with Crippen LogP contribution in [0.3, 0.4) is 0 Å². The highest BCUT2D eigenvalue weighted by molar-refractivity contribution is 5.94. The molecular formula is C20H27N3O3. The van der Waals surface area contributed by atoms with Gasteiger partial charge < -0.3 is 20.5 Å². The van der Waals surface area contributed by atoms with E-state index >= 15 is 0 Å². The number of hydrogen-bond donors (Lipinski definition) is 4. The first-order valence-corrected chi connectivity index (χ1v) is 8.61. The lowest BCUT2D eigenvalue weighted by Crippen LogP contribution is -2.54. The molecule has 0 fully saturated rings. The summed E-state index contributed by atoms with van der Waals surface area (Å²) in [6.07, 6.45) is -0.910. The van der Waals surface area contributed by atoms with E-state index in [1.54, 1.807) is 38.1 Å². The van der Waals surface area contributed by atoms with Crippen molar-refractivity contribution >= 4 is 5.91 Å². The standard InChI is InChI=1S/C20H27N3O3/c1-13(19(21-3)22-26)23(4)20(25)18-11-9-17(10-12-18)16-7-5-15(6-8-16)14(2)24/h5-14,19,21-22,24,26H,1-4H3. The molecule has 2 aromatic rings. The maximum Gasteiger partial charge on any atom is 0.253 e. The van der Waals surface area contributed by atoms with Crippen LogP contribution < -0.4 is 10.8 Å². The van der Waals surface area contributed by atoms with Gasteiger partial charge in [-0.05, 0) is 49.7 Å². The zero-order chi connectivity index (χ0) is 19.3. The molecule has 0 radical (unpaired) electrons. The molecule has 3 unspecified atom stereocenters. The van der Waals surface area contributed by atoms with Gasteiger partial charge in [-0.15, -0.1) is 0 Å². The van der Waals surface area contributed by atoms with Crippen molar-refractivity contribution in [1.82, 2.24) is 15.7 Å². The van der Waals surface area contributed by atoms with Gasteiger partial charge in [-0.1, -0.05) is 36.4 Å². The molecular weight excluding hydrogens is 330 g/mol. The van der Waals surface area contributed by atoms with Gasteiger partial charge in [-0.2, -0.15) is 5.48 Å². The fourth-order valence-electron chi connectivity index (χ4n) is 2.79. The summed E-state index contributed by atoms with van der Waals surface area (Å²) in [5, 5.41) is 21.6. The van der Waals surface area contributed by atoms with Crippen LogP contribution >= 0.6 is 0 Å². The number of benzene rings is 2. The zero-order valence-corrected chi connectivity index (χ0v) is 15.6. The van der Waals surface area contributed by atoms with Gasteiger partial charge in [0, 0.05) is 12.6 Å². The van der Waals surface area contributed by atoms with Crippen molar-refractivity contribution in [2.45, 2.75) is 32.2 Å². The molecule has 3 atom stereocenters. The van der Waals surface area contributed by atoms with Crippen molar-refractivity contribution in [2.75, 3.05) is 14.1 Å². The molecule has 1 amide bonds. The second-order valence-electron chi connectivity index (χ2n) is 6.43. The minimum Gasteiger partial charge on any atom is -0.389 e. The van der Waals surface area contributed by atoms with Gasteiger partial charge in [0.15, 0.2) is 0 Å². The number of amides is 1. The van der Waals surface area contributed by atoms with Crippen molar-refractivity contribution in [3.05, 3.63) is 59.7 Å². The topological polar surface area (TPSA) is 84.8 Å². The first kappa shape index (κ1) is 20.1. The quantitative estimate of drug-likeness (QED) is 0.452. The monoisotopic (exact) mass is 357 g/mol. The Balaban J connectivity index is 2.14. The third-order valence-electron chi connectivity index (χ3n) is 4.72. The Bertz CT molecular complexity index is 710. The predicted octanol–water partition coefficient (Wildman–Crippen LogP) is 2.39. The Labute approximate surface area is 154 Å². The van der Waals surface area contributed by atoms with E-state index in [0.29, 0.717) is 5.56 Å². The maximum absolute atomic E-state index is 12.7. The number of aliphatic hydroxyl groups excluding tert-OH is 1. The van der Waals surface area contributed by atoms with Gasteiger partial charge in [0.25, 0.3) is 5.91 Å². The lowest BCUT2D eigenvalue weighted by atomic mass is 10.0. The third kappa shape index (κ3) is 4.47. The average Bonchev–Trinajstić information content (AvgIpc) is 2.67. The Morgan fingerprint density at radius 3 is 1.92 bits per heavy atom. The Hall–Kier alpha value is -2.25. The Morgan fingerprint density at radius 1 is 1.00 bits per heavy atom. The van der Waals surface area contributed by atoms with Gasteiger partial charge in [-0.25, -0.2) is 0 Å². The number of likely N-dealkylation sites (N-methyl/N-ethyl adjacent to an activating group) is 2. The van der Waals surface area contributed by atoms with Gasteiger partial charge in [-0.3, -0.25) is 4.79 Å². The van der Waals surface area contributed by atoms with Crippen LogP contribution in [0.1, 0.15) is 35.9 Å². The molecule has 6 heteroatoms. The first-order valence-electron chi connectivity index (χ1n) is 8.61. The van der Waals surface area contributed by atoms with Gasteiger partial charge in [0.2, 0.25) is 0 Å². The van der Waals surface area contributed by atoms with Crippen molar-refractivity contribution in [2.24, 2.45) is 0 Å². The fourth-order valence-corrected chi connectivity index (χ4v) is 2.79. The summed E-state index contributed by atoms with van der Waals surface area (Å²) < 4.78 is 0. The summed E-state index contributed by atoms with van der Waals surface area (Å²) in [5.41, 5.74) is 5.63. The normalized spacial score (nSPS) is 14.5. The molecule has 140 valence electrons. The number of hydrogen-bond acceptors (Lipinski definition) is 5.